The van der Waals surface area contributed by atoms with Crippen LogP contribution in [0.4, 0.5) is 0 Å². The van der Waals surface area contributed by atoms with E-state index in [-0.39, 0.29) is 0 Å². The topological polar surface area (TPSA) is 43.4 Å². The van der Waals surface area contributed by atoms with Crippen molar-refractivity contribution in [2.45, 2.75) is 0 Å². The zero-order valence-corrected chi connectivity index (χ0v) is 6.41. The van der Waals surface area contributed by atoms with Crippen LogP contribution in [0.5, 0.6) is 0 Å². The summed E-state index contributed by atoms with van der Waals surface area (Å²) < 4.78 is 23.6. The van der Waals surface area contributed by atoms with E-state index in [4.69, 9.17) is 0 Å². The van der Waals surface area contributed by atoms with E-state index in [9.17, 15) is 8.42 Å². The Kier molecular flexibility index (Phi) is 2.48. The monoisotopic (exact) mass is 185 g/mol. The van der Waals surface area contributed by atoms with E-state index in [1.807, 2.05) is 0 Å². The van der Waals surface area contributed by atoms with Crippen LogP contribution in [0.2, 0.25) is 0 Å². The molecule has 3 nitrogen and oxygen atoms in total. The third-order valence-corrected chi connectivity index (χ3v) is 1.89. The Hall–Kier alpha value is 0.793. The third kappa shape index (κ3) is 4.79. The molecule has 0 aromatic carbocycles. The fourth-order valence-electron chi connectivity index (χ4n) is 0. The summed E-state index contributed by atoms with van der Waals surface area (Å²) in [5, 5.41) is 0. The molecule has 0 N–H and O–H groups in total. The van der Waals surface area contributed by atoms with Crippen LogP contribution in [0.25, 0.3) is 0 Å². The van der Waals surface area contributed by atoms with Gasteiger partial charge in [-0.25, -0.2) is 0 Å². The predicted molar refractivity (Wildman–Crippen MR) is 15.9 cm³/mol. The van der Waals surface area contributed by atoms with Crippen LogP contribution >= 0.6 is 0 Å². The van der Waals surface area contributed by atoms with Crippen LogP contribution in [0.15, 0.2) is 0 Å². The molecular formula is CH3O3SZr. The molecular weight excluding hydrogens is 183 g/mol. The molecule has 0 fully saturated rings. The van der Waals surface area contributed by atoms with Gasteiger partial charge in [-0.1, -0.05) is 0 Å². The minimum atomic E-state index is -3.07. The summed E-state index contributed by atoms with van der Waals surface area (Å²) in [5.74, 6) is 0. The molecule has 6 heavy (non-hydrogen) atoms. The van der Waals surface area contributed by atoms with E-state index < -0.39 is 6.87 Å². The van der Waals surface area contributed by atoms with Gasteiger partial charge in [-0.2, -0.15) is 0 Å². The first kappa shape index (κ1) is 6.79. The molecule has 0 spiro atoms. The Morgan fingerprint density at radius 2 is 1.83 bits per heavy atom. The molecule has 0 aliphatic rings. The Balaban J connectivity index is 3.85. The van der Waals surface area contributed by atoms with Crippen LogP contribution in [0, 0.1) is 0 Å². The summed E-state index contributed by atoms with van der Waals surface area (Å²) in [6.45, 7) is -3.07. The zero-order valence-electron chi connectivity index (χ0n) is 3.13. The van der Waals surface area contributed by atoms with Crippen LogP contribution in [0.1, 0.15) is 0 Å². The fourth-order valence-corrected chi connectivity index (χ4v) is 0. The van der Waals surface area contributed by atoms with Gasteiger partial charge >= 0.3 is 49.8 Å². The first-order valence-corrected chi connectivity index (χ1v) is 5.53. The molecule has 5 heteroatoms. The Bertz CT molecular complexity index is 113. The van der Waals surface area contributed by atoms with Crippen molar-refractivity contribution in [3.63, 3.8) is 0 Å². The zero-order chi connectivity index (χ0) is 5.21. The number of hydrogen-bond donors (Lipinski definition) is 0. The molecule has 0 unspecified atom stereocenters. The molecule has 0 rings (SSSR count). The third-order valence-electron chi connectivity index (χ3n) is 0.219. The van der Waals surface area contributed by atoms with Gasteiger partial charge in [0, 0.05) is 0 Å². The second kappa shape index (κ2) is 2.19. The maximum absolute atomic E-state index is 9.82. The number of rotatable bonds is 1. The summed E-state index contributed by atoms with van der Waals surface area (Å²) in [4.78, 5) is 0. The number of hydrogen-bond acceptors (Lipinski definition) is 3. The van der Waals surface area contributed by atoms with Gasteiger partial charge in [0.2, 0.25) is 0 Å². The van der Waals surface area contributed by atoms with Crippen LogP contribution in [-0.2, 0) is 34.3 Å². The van der Waals surface area contributed by atoms with Gasteiger partial charge in [0.1, 0.15) is 0 Å². The average Bonchev–Trinajstić information content (AvgIpc) is 1.35. The minimum absolute atomic E-state index is 0.401. The first-order valence-electron chi connectivity index (χ1n) is 1.11. The van der Waals surface area contributed by atoms with Crippen LogP contribution < -0.4 is 0 Å². The average molecular weight is 186 g/mol. The summed E-state index contributed by atoms with van der Waals surface area (Å²) in [6.07, 6.45) is 0. The quantitative estimate of drug-likeness (QED) is 0.550. The van der Waals surface area contributed by atoms with Gasteiger partial charge in [-0.3, -0.25) is 0 Å². The molecule has 0 aliphatic heterocycles. The summed E-state index contributed by atoms with van der Waals surface area (Å²) in [5.41, 5.74) is 0. The van der Waals surface area contributed by atoms with Crippen molar-refractivity contribution >= 4 is 6.87 Å². The van der Waals surface area contributed by atoms with Crippen molar-refractivity contribution in [2.24, 2.45) is 0 Å². The van der Waals surface area contributed by atoms with Crippen molar-refractivity contribution in [3.8, 4) is 0 Å². The molecule has 0 amide bonds. The second-order valence-corrected chi connectivity index (χ2v) is 5.55. The molecule has 0 saturated carbocycles. The van der Waals surface area contributed by atoms with Crippen molar-refractivity contribution in [1.82, 2.24) is 0 Å². The summed E-state index contributed by atoms with van der Waals surface area (Å²) in [7, 11) is 1.14. The Morgan fingerprint density at radius 3 is 1.83 bits per heavy atom. The van der Waals surface area contributed by atoms with Gasteiger partial charge in [0.15, 0.2) is 0 Å². The van der Waals surface area contributed by atoms with E-state index in [2.05, 4.69) is 4.18 Å². The predicted octanol–water partition coefficient (Wildman–Crippen LogP) is -0.576. The summed E-state index contributed by atoms with van der Waals surface area (Å²) in [6, 6.07) is 0. The first-order chi connectivity index (χ1) is 2.56. The van der Waals surface area contributed by atoms with Gasteiger partial charge in [0.25, 0.3) is 0 Å². The molecule has 0 aromatic heterocycles. The van der Waals surface area contributed by atoms with E-state index in [1.54, 1.807) is 0 Å². The van der Waals surface area contributed by atoms with Crippen molar-refractivity contribution in [1.29, 1.82) is 0 Å². The summed E-state index contributed by atoms with van der Waals surface area (Å²) >= 11 is 0.401. The molecule has 0 aromatic rings. The Labute approximate surface area is 49.9 Å². The van der Waals surface area contributed by atoms with Crippen LogP contribution in [-0.4, -0.2) is 15.5 Å². The maximum atomic E-state index is 9.82. The molecule has 0 atom stereocenters. The van der Waals surface area contributed by atoms with Gasteiger partial charge in [-0.15, -0.1) is 0 Å². The van der Waals surface area contributed by atoms with Crippen molar-refractivity contribution < 1.29 is 35.9 Å². The fraction of sp³-hybridized carbons (Fsp3) is 1.00. The SMILES string of the molecule is CO[S](=O)(=O)[Zr]. The molecule has 0 bridgehead atoms. The van der Waals surface area contributed by atoms with E-state index in [0.717, 1.165) is 7.11 Å². The molecule has 0 radical (unpaired) electrons. The normalized spacial score (nSPS) is 11.3. The van der Waals surface area contributed by atoms with Gasteiger partial charge in [-0.05, 0) is 0 Å². The van der Waals surface area contributed by atoms with Crippen LogP contribution in [0.3, 0.4) is 0 Å². The van der Waals surface area contributed by atoms with Gasteiger partial charge < -0.3 is 0 Å². The van der Waals surface area contributed by atoms with Crippen molar-refractivity contribution in [3.05, 3.63) is 0 Å². The standard InChI is InChI=1S/CH3O3S.Zr/c1-4-5(2)3;/h1H3;. The van der Waals surface area contributed by atoms with E-state index >= 15 is 0 Å². The Morgan fingerprint density at radius 1 is 1.67 bits per heavy atom. The molecule has 35 valence electrons. The molecule has 0 saturated heterocycles. The van der Waals surface area contributed by atoms with E-state index in [0.29, 0.717) is 23.3 Å². The van der Waals surface area contributed by atoms with Crippen molar-refractivity contribution in [2.75, 3.05) is 7.11 Å². The van der Waals surface area contributed by atoms with E-state index in [1.165, 1.54) is 0 Å². The van der Waals surface area contributed by atoms with Gasteiger partial charge in [0.05, 0.1) is 0 Å². The second-order valence-electron chi connectivity index (χ2n) is 0.621. The molecule has 0 aliphatic carbocycles. The molecule has 0 heterocycles.